The van der Waals surface area contributed by atoms with Gasteiger partial charge in [-0.15, -0.1) is 0 Å². The van der Waals surface area contributed by atoms with Crippen molar-refractivity contribution in [2.45, 2.75) is 58.2 Å². The first-order valence-electron chi connectivity index (χ1n) is 11.1. The lowest BCUT2D eigenvalue weighted by molar-refractivity contribution is -0.111. The molecule has 0 spiro atoms. The van der Waals surface area contributed by atoms with Crippen LogP contribution in [0.2, 0.25) is 0 Å². The van der Waals surface area contributed by atoms with E-state index in [1.165, 1.54) is 18.2 Å². The average Bonchev–Trinajstić information content (AvgIpc) is 3.29. The highest BCUT2D eigenvalue weighted by atomic mass is 19.1. The van der Waals surface area contributed by atoms with Crippen LogP contribution < -0.4 is 10.2 Å². The topological polar surface area (TPSA) is 115 Å². The predicted molar refractivity (Wildman–Crippen MR) is 131 cm³/mol. The number of benzene rings is 1. The zero-order valence-corrected chi connectivity index (χ0v) is 19.0. The Morgan fingerprint density at radius 1 is 1.17 bits per heavy atom. The number of carbonyl (C=O) groups is 1. The number of rotatable bonds is 2. The molecule has 9 heteroatoms. The molecule has 4 N–H and O–H groups in total. The number of aromatic nitrogens is 1. The summed E-state index contributed by atoms with van der Waals surface area (Å²) in [5.74, 6) is 0.118. The Morgan fingerprint density at radius 2 is 1.91 bits per heavy atom. The highest BCUT2D eigenvalue weighted by Crippen LogP contribution is 2.44. The molecule has 8 nitrogen and oxygen atoms in total. The van der Waals surface area contributed by atoms with E-state index in [4.69, 9.17) is 4.74 Å². The number of carbonyl (C=O) groups excluding carboxylic acids is 1. The Morgan fingerprint density at radius 3 is 2.60 bits per heavy atom. The van der Waals surface area contributed by atoms with Gasteiger partial charge in [0.25, 0.3) is 5.91 Å². The lowest BCUT2D eigenvalue weighted by Gasteiger charge is -2.43. The molecule has 35 heavy (non-hydrogen) atoms. The number of pyridine rings is 1. The van der Waals surface area contributed by atoms with Gasteiger partial charge in [-0.1, -0.05) is 7.43 Å². The molecule has 1 fully saturated rings. The quantitative estimate of drug-likeness (QED) is 0.486. The predicted octanol–water partition coefficient (Wildman–Crippen LogP) is 2.70. The first-order chi connectivity index (χ1) is 16.1. The van der Waals surface area contributed by atoms with E-state index in [-0.39, 0.29) is 25.5 Å². The maximum atomic E-state index is 13.9. The second-order valence-electron chi connectivity index (χ2n) is 9.40. The maximum Gasteiger partial charge on any atom is 0.260 e. The molecule has 3 aliphatic rings. The number of ether oxygens (including phenoxy) is 1. The first kappa shape index (κ1) is 24.8. The van der Waals surface area contributed by atoms with E-state index in [0.29, 0.717) is 22.8 Å². The molecule has 1 aromatic heterocycles. The van der Waals surface area contributed by atoms with Crippen LogP contribution in [-0.4, -0.2) is 62.7 Å². The fraction of sp³-hybridized carbons (Fsp3) is 0.385. The maximum absolute atomic E-state index is 13.9. The minimum Gasteiger partial charge on any atom is -0.482 e. The van der Waals surface area contributed by atoms with Gasteiger partial charge in [-0.2, -0.15) is 0 Å². The van der Waals surface area contributed by atoms with E-state index >= 15 is 0 Å². The molecule has 4 atom stereocenters. The van der Waals surface area contributed by atoms with Gasteiger partial charge in [0.1, 0.15) is 35.2 Å². The third-order valence-corrected chi connectivity index (χ3v) is 6.73. The smallest absolute Gasteiger partial charge is 0.260 e. The minimum atomic E-state index is -1.20. The van der Waals surface area contributed by atoms with Crippen molar-refractivity contribution >= 4 is 28.6 Å². The Kier molecular flexibility index (Phi) is 6.21. The third kappa shape index (κ3) is 4.09. The number of piperidine rings is 1. The molecule has 4 heterocycles. The fourth-order valence-electron chi connectivity index (χ4n) is 4.79. The third-order valence-electron chi connectivity index (χ3n) is 6.73. The van der Waals surface area contributed by atoms with Gasteiger partial charge in [0.15, 0.2) is 0 Å². The summed E-state index contributed by atoms with van der Waals surface area (Å²) in [6.45, 7) is 5.66. The molecule has 0 unspecified atom stereocenters. The first-order valence-corrected chi connectivity index (χ1v) is 11.1. The zero-order chi connectivity index (χ0) is 24.4. The Hall–Kier alpha value is -3.27. The largest absolute Gasteiger partial charge is 0.482 e. The number of amides is 1. The summed E-state index contributed by atoms with van der Waals surface area (Å²) < 4.78 is 20.0. The number of β-amino-alcohol motifs (C(OH)–C–C–N with tert-alkyl or cyclic N) is 1. The summed E-state index contributed by atoms with van der Waals surface area (Å²) in [4.78, 5) is 18.9. The summed E-state index contributed by atoms with van der Waals surface area (Å²) in [6.07, 6.45) is 0.0501. The molecule has 1 aromatic carbocycles. The summed E-state index contributed by atoms with van der Waals surface area (Å²) >= 11 is 0. The summed E-state index contributed by atoms with van der Waals surface area (Å²) in [5.41, 5.74) is 2.08. The lowest BCUT2D eigenvalue weighted by Crippen LogP contribution is -2.60. The van der Waals surface area contributed by atoms with E-state index < -0.39 is 35.8 Å². The number of aliphatic hydroxyl groups excluding tert-OH is 3. The number of hydrogen-bond acceptors (Lipinski definition) is 7. The van der Waals surface area contributed by atoms with Crippen molar-refractivity contribution in [1.82, 2.24) is 4.98 Å². The van der Waals surface area contributed by atoms with Crippen LogP contribution in [-0.2, 0) is 9.53 Å². The molecule has 186 valence electrons. The fourth-order valence-corrected chi connectivity index (χ4v) is 4.79. The molecule has 1 amide bonds. The molecule has 0 radical (unpaired) electrons. The van der Waals surface area contributed by atoms with E-state index in [9.17, 15) is 24.5 Å². The van der Waals surface area contributed by atoms with E-state index in [1.54, 1.807) is 30.2 Å². The molecule has 1 saturated heterocycles. The van der Waals surface area contributed by atoms with Crippen molar-refractivity contribution in [2.24, 2.45) is 0 Å². The number of nitrogens with zero attached hydrogens (tertiary/aromatic N) is 2. The highest BCUT2D eigenvalue weighted by Gasteiger charge is 2.40. The van der Waals surface area contributed by atoms with Gasteiger partial charge in [0.05, 0.1) is 17.7 Å². The number of nitrogens with one attached hydrogen (secondary N) is 1. The number of allylic oxidation sites excluding steroid dienone is 1. The van der Waals surface area contributed by atoms with Crippen LogP contribution in [0.25, 0.3) is 11.1 Å². The molecular weight excluding hydrogens is 453 g/mol. The summed E-state index contributed by atoms with van der Waals surface area (Å²) in [6, 6.07) is 7.33. The van der Waals surface area contributed by atoms with Crippen LogP contribution >= 0.6 is 0 Å². The van der Waals surface area contributed by atoms with Gasteiger partial charge >= 0.3 is 0 Å². The second-order valence-corrected chi connectivity index (χ2v) is 9.40. The van der Waals surface area contributed by atoms with Crippen LogP contribution in [0.4, 0.5) is 15.9 Å². The average molecular weight is 484 g/mol. The van der Waals surface area contributed by atoms with Gasteiger partial charge in [0, 0.05) is 35.1 Å². The van der Waals surface area contributed by atoms with Crippen LogP contribution in [0.15, 0.2) is 48.4 Å². The number of hydrogen-bond donors (Lipinski definition) is 4. The van der Waals surface area contributed by atoms with E-state index in [0.717, 1.165) is 11.1 Å². The van der Waals surface area contributed by atoms with Crippen LogP contribution in [0.5, 0.6) is 0 Å². The molecule has 0 aliphatic carbocycles. The van der Waals surface area contributed by atoms with Crippen LogP contribution in [0.3, 0.4) is 0 Å². The number of halogens is 1. The van der Waals surface area contributed by atoms with Gasteiger partial charge in [-0.05, 0) is 57.2 Å². The highest BCUT2D eigenvalue weighted by molar-refractivity contribution is 6.32. The van der Waals surface area contributed by atoms with Crippen molar-refractivity contribution in [1.29, 1.82) is 0 Å². The minimum absolute atomic E-state index is 0. The number of aliphatic hydroxyl groups is 3. The van der Waals surface area contributed by atoms with Crippen molar-refractivity contribution in [2.75, 3.05) is 16.8 Å². The Bertz CT molecular complexity index is 1220. The van der Waals surface area contributed by atoms with Gasteiger partial charge in [0.2, 0.25) is 0 Å². The van der Waals surface area contributed by atoms with Gasteiger partial charge < -0.3 is 30.3 Å². The summed E-state index contributed by atoms with van der Waals surface area (Å²) in [7, 11) is 0. The molecular formula is C26H30FN3O5. The SMILES string of the molecule is C.C[C@H]1[C@@H](O)[C@@H](O)[C@H](O)CN1c1ccc(C2=C/C(=C3\C(=O)Nc4ccc(F)cc43)OC2(C)C)cn1. The van der Waals surface area contributed by atoms with Gasteiger partial charge in [-0.25, -0.2) is 9.37 Å². The van der Waals surface area contributed by atoms with Crippen molar-refractivity contribution in [3.8, 4) is 0 Å². The molecule has 5 rings (SSSR count). The molecule has 2 aromatic rings. The van der Waals surface area contributed by atoms with Crippen molar-refractivity contribution in [3.05, 3.63) is 65.3 Å². The zero-order valence-electron chi connectivity index (χ0n) is 19.0. The van der Waals surface area contributed by atoms with Crippen LogP contribution in [0.1, 0.15) is 39.3 Å². The number of fused-ring (bicyclic) bond motifs is 1. The molecule has 0 saturated carbocycles. The monoisotopic (exact) mass is 483 g/mol. The second kappa shape index (κ2) is 8.75. The Balaban J connectivity index is 0.00000289. The standard InChI is InChI=1S/C25H26FN3O5.CH4/c1-12-22(31)23(32)18(30)11-29(12)20-7-4-13(10-27-20)16-9-19(34-25(16,2)3)21-15-8-14(26)5-6-17(15)28-24(21)33;/h4-10,12,18,22-23,30-32H,11H2,1-3H3,(H,28,33);1H4/b21-19+;/t12-,18+,22+,23-;/m0./s1. The molecule has 3 aliphatic heterocycles. The lowest BCUT2D eigenvalue weighted by atomic mass is 9.92. The Labute approximate surface area is 203 Å². The number of anilines is 2. The normalized spacial score (nSPS) is 29.2. The van der Waals surface area contributed by atoms with Crippen LogP contribution in [0, 0.1) is 5.82 Å². The summed E-state index contributed by atoms with van der Waals surface area (Å²) in [5, 5.41) is 32.9. The van der Waals surface area contributed by atoms with Gasteiger partial charge in [-0.3, -0.25) is 4.79 Å². The van der Waals surface area contributed by atoms with E-state index in [1.807, 2.05) is 19.9 Å². The van der Waals surface area contributed by atoms with E-state index in [2.05, 4.69) is 10.3 Å². The van der Waals surface area contributed by atoms with Crippen molar-refractivity contribution in [3.63, 3.8) is 0 Å². The molecule has 0 bridgehead atoms. The van der Waals surface area contributed by atoms with Crippen molar-refractivity contribution < 1.29 is 29.2 Å².